The number of aliphatic hydroxyl groups excluding tert-OH is 1. The Kier molecular flexibility index (Phi) is 4.11. The minimum absolute atomic E-state index is 0.221. The number of anilines is 1. The first-order chi connectivity index (χ1) is 10.5. The fourth-order valence-corrected chi connectivity index (χ4v) is 3.07. The second-order valence-corrected chi connectivity index (χ2v) is 6.15. The Hall–Kier alpha value is -1.95. The third kappa shape index (κ3) is 2.97. The van der Waals surface area contributed by atoms with Gasteiger partial charge in [-0.15, -0.1) is 10.2 Å². The van der Waals surface area contributed by atoms with E-state index in [1.54, 1.807) is 0 Å². The Morgan fingerprint density at radius 2 is 1.77 bits per heavy atom. The number of aryl methyl sites for hydroxylation is 2. The predicted octanol–water partition coefficient (Wildman–Crippen LogP) is 1.88. The summed E-state index contributed by atoms with van der Waals surface area (Å²) in [5.41, 5.74) is 2.03. The fraction of sp³-hybridized carbons (Fsp3) is 0.562. The second kappa shape index (κ2) is 6.04. The second-order valence-electron chi connectivity index (χ2n) is 6.15. The van der Waals surface area contributed by atoms with E-state index >= 15 is 0 Å². The molecule has 118 valence electrons. The van der Waals surface area contributed by atoms with Crippen molar-refractivity contribution in [3.8, 4) is 5.82 Å². The van der Waals surface area contributed by atoms with Crippen molar-refractivity contribution in [1.29, 1.82) is 0 Å². The van der Waals surface area contributed by atoms with Gasteiger partial charge < -0.3 is 10.0 Å². The zero-order chi connectivity index (χ0) is 15.7. The van der Waals surface area contributed by atoms with Gasteiger partial charge in [0, 0.05) is 18.8 Å². The van der Waals surface area contributed by atoms with Gasteiger partial charge >= 0.3 is 0 Å². The molecule has 0 radical (unpaired) electrons. The highest BCUT2D eigenvalue weighted by atomic mass is 16.3. The zero-order valence-corrected chi connectivity index (χ0v) is 13.4. The molecule has 3 heterocycles. The van der Waals surface area contributed by atoms with Crippen LogP contribution < -0.4 is 4.90 Å². The third-order valence-electron chi connectivity index (χ3n) is 4.41. The molecular formula is C16H23N5O. The van der Waals surface area contributed by atoms with E-state index in [2.05, 4.69) is 20.2 Å². The molecule has 1 fully saturated rings. The van der Waals surface area contributed by atoms with Crippen molar-refractivity contribution < 1.29 is 5.11 Å². The van der Waals surface area contributed by atoms with Crippen LogP contribution in [0.2, 0.25) is 0 Å². The van der Waals surface area contributed by atoms with Crippen LogP contribution in [0.4, 0.5) is 5.82 Å². The van der Waals surface area contributed by atoms with Crippen molar-refractivity contribution in [3.63, 3.8) is 0 Å². The monoisotopic (exact) mass is 301 g/mol. The van der Waals surface area contributed by atoms with Crippen LogP contribution in [0.15, 0.2) is 18.2 Å². The van der Waals surface area contributed by atoms with Crippen LogP contribution in [-0.4, -0.2) is 44.3 Å². The fourth-order valence-electron chi connectivity index (χ4n) is 3.07. The standard InChI is InChI=1S/C16H23N5O/c1-11-10-12(2)21(19-11)16-5-4-15(17-18-16)20-8-6-14(7-9-20)13(3)22/h4-5,10,13-14,22H,6-9H2,1-3H3/t13-/m1/s1. The van der Waals surface area contributed by atoms with Crippen LogP contribution in [0.5, 0.6) is 0 Å². The Balaban J connectivity index is 1.71. The Labute approximate surface area is 130 Å². The molecule has 1 aliphatic heterocycles. The molecule has 1 saturated heterocycles. The number of nitrogens with zero attached hydrogens (tertiary/aromatic N) is 5. The molecule has 1 atom stereocenters. The van der Waals surface area contributed by atoms with Gasteiger partial charge in [0.1, 0.15) is 0 Å². The summed E-state index contributed by atoms with van der Waals surface area (Å²) in [6.07, 6.45) is 1.78. The lowest BCUT2D eigenvalue weighted by atomic mass is 9.92. The molecular weight excluding hydrogens is 278 g/mol. The largest absolute Gasteiger partial charge is 0.393 e. The molecule has 22 heavy (non-hydrogen) atoms. The maximum absolute atomic E-state index is 9.67. The zero-order valence-electron chi connectivity index (χ0n) is 13.4. The summed E-state index contributed by atoms with van der Waals surface area (Å²) in [5, 5.41) is 22.8. The summed E-state index contributed by atoms with van der Waals surface area (Å²) >= 11 is 0. The van der Waals surface area contributed by atoms with Gasteiger partial charge in [0.25, 0.3) is 0 Å². The molecule has 0 unspecified atom stereocenters. The molecule has 0 saturated carbocycles. The predicted molar refractivity (Wildman–Crippen MR) is 85.2 cm³/mol. The molecule has 1 aliphatic rings. The van der Waals surface area contributed by atoms with E-state index in [1.807, 2.05) is 43.7 Å². The molecule has 2 aromatic heterocycles. The highest BCUT2D eigenvalue weighted by molar-refractivity contribution is 5.40. The number of rotatable bonds is 3. The van der Waals surface area contributed by atoms with Gasteiger partial charge in [0.2, 0.25) is 0 Å². The van der Waals surface area contributed by atoms with Gasteiger partial charge in [0.05, 0.1) is 11.8 Å². The number of aromatic nitrogens is 4. The number of piperidine rings is 1. The van der Waals surface area contributed by atoms with Gasteiger partial charge in [-0.05, 0) is 57.7 Å². The van der Waals surface area contributed by atoms with Crippen LogP contribution >= 0.6 is 0 Å². The van der Waals surface area contributed by atoms with Crippen molar-refractivity contribution in [2.45, 2.75) is 39.7 Å². The lowest BCUT2D eigenvalue weighted by Gasteiger charge is -2.33. The topological polar surface area (TPSA) is 67.1 Å². The van der Waals surface area contributed by atoms with Crippen molar-refractivity contribution in [2.75, 3.05) is 18.0 Å². The van der Waals surface area contributed by atoms with E-state index < -0.39 is 0 Å². The summed E-state index contributed by atoms with van der Waals surface area (Å²) in [5.74, 6) is 2.04. The third-order valence-corrected chi connectivity index (χ3v) is 4.41. The summed E-state index contributed by atoms with van der Waals surface area (Å²) in [7, 11) is 0. The van der Waals surface area contributed by atoms with Crippen LogP contribution in [0.3, 0.4) is 0 Å². The minimum atomic E-state index is -0.221. The quantitative estimate of drug-likeness (QED) is 0.937. The molecule has 3 rings (SSSR count). The van der Waals surface area contributed by atoms with E-state index in [4.69, 9.17) is 0 Å². The van der Waals surface area contributed by atoms with Crippen molar-refractivity contribution >= 4 is 5.82 Å². The maximum Gasteiger partial charge on any atom is 0.176 e. The summed E-state index contributed by atoms with van der Waals surface area (Å²) in [4.78, 5) is 2.23. The molecule has 0 aliphatic carbocycles. The maximum atomic E-state index is 9.67. The van der Waals surface area contributed by atoms with Crippen molar-refractivity contribution in [1.82, 2.24) is 20.0 Å². The van der Waals surface area contributed by atoms with Crippen LogP contribution in [0, 0.1) is 19.8 Å². The normalized spacial score (nSPS) is 17.7. The molecule has 0 amide bonds. The average molecular weight is 301 g/mol. The van der Waals surface area contributed by atoms with E-state index in [9.17, 15) is 5.11 Å². The Bertz CT molecular complexity index is 626. The van der Waals surface area contributed by atoms with Crippen LogP contribution in [0.25, 0.3) is 5.82 Å². The number of hydrogen-bond acceptors (Lipinski definition) is 5. The molecule has 6 heteroatoms. The first kappa shape index (κ1) is 15.0. The molecule has 6 nitrogen and oxygen atoms in total. The van der Waals surface area contributed by atoms with E-state index in [-0.39, 0.29) is 6.10 Å². The number of hydrogen-bond donors (Lipinski definition) is 1. The molecule has 0 bridgehead atoms. The lowest BCUT2D eigenvalue weighted by Crippen LogP contribution is -2.37. The molecule has 0 spiro atoms. The minimum Gasteiger partial charge on any atom is -0.393 e. The molecule has 0 aromatic carbocycles. The van der Waals surface area contributed by atoms with Gasteiger partial charge in [-0.2, -0.15) is 5.10 Å². The Morgan fingerprint density at radius 1 is 1.14 bits per heavy atom. The lowest BCUT2D eigenvalue weighted by molar-refractivity contribution is 0.109. The molecule has 2 aromatic rings. The van der Waals surface area contributed by atoms with Crippen molar-refractivity contribution in [2.24, 2.45) is 5.92 Å². The SMILES string of the molecule is Cc1cc(C)n(-c2ccc(N3CCC([C@@H](C)O)CC3)nn2)n1. The highest BCUT2D eigenvalue weighted by Gasteiger charge is 2.23. The van der Waals surface area contributed by atoms with Crippen LogP contribution in [-0.2, 0) is 0 Å². The van der Waals surface area contributed by atoms with Gasteiger partial charge in [-0.1, -0.05) is 0 Å². The van der Waals surface area contributed by atoms with E-state index in [0.717, 1.165) is 49.0 Å². The van der Waals surface area contributed by atoms with Crippen molar-refractivity contribution in [3.05, 3.63) is 29.6 Å². The smallest absolute Gasteiger partial charge is 0.176 e. The van der Waals surface area contributed by atoms with E-state index in [1.165, 1.54) is 0 Å². The first-order valence-electron chi connectivity index (χ1n) is 7.85. The highest BCUT2D eigenvalue weighted by Crippen LogP contribution is 2.24. The van der Waals surface area contributed by atoms with E-state index in [0.29, 0.717) is 5.92 Å². The van der Waals surface area contributed by atoms with Gasteiger partial charge in [-0.25, -0.2) is 4.68 Å². The first-order valence-corrected chi connectivity index (χ1v) is 7.85. The summed E-state index contributed by atoms with van der Waals surface area (Å²) in [6.45, 7) is 7.70. The van der Waals surface area contributed by atoms with Gasteiger partial charge in [-0.3, -0.25) is 0 Å². The number of aliphatic hydroxyl groups is 1. The summed E-state index contributed by atoms with van der Waals surface area (Å²) < 4.78 is 1.81. The summed E-state index contributed by atoms with van der Waals surface area (Å²) in [6, 6.07) is 5.99. The van der Waals surface area contributed by atoms with Crippen LogP contribution in [0.1, 0.15) is 31.2 Å². The van der Waals surface area contributed by atoms with Gasteiger partial charge in [0.15, 0.2) is 11.6 Å². The average Bonchev–Trinajstić information content (AvgIpc) is 2.86. The Morgan fingerprint density at radius 3 is 2.27 bits per heavy atom. The molecule has 1 N–H and O–H groups in total.